The van der Waals surface area contributed by atoms with E-state index in [0.29, 0.717) is 24.2 Å². The van der Waals surface area contributed by atoms with Crippen LogP contribution in [0, 0.1) is 11.8 Å². The highest BCUT2D eigenvalue weighted by atomic mass is 16.1. The van der Waals surface area contributed by atoms with E-state index in [9.17, 15) is 9.59 Å². The van der Waals surface area contributed by atoms with Crippen molar-refractivity contribution in [1.29, 1.82) is 0 Å². The average molecular weight is 290 g/mol. The van der Waals surface area contributed by atoms with Crippen molar-refractivity contribution in [3.63, 3.8) is 0 Å². The maximum absolute atomic E-state index is 12.0. The normalized spacial score (nSPS) is 12.8. The summed E-state index contributed by atoms with van der Waals surface area (Å²) in [4.78, 5) is 22.8. The minimum atomic E-state index is -0.0911. The van der Waals surface area contributed by atoms with Crippen LogP contribution in [0.2, 0.25) is 0 Å². The number of carbonyl (C=O) groups excluding carboxylic acids is 2. The summed E-state index contributed by atoms with van der Waals surface area (Å²) in [7, 11) is 0. The molecule has 0 aliphatic carbocycles. The molecule has 4 nitrogen and oxygen atoms in total. The summed E-state index contributed by atoms with van der Waals surface area (Å²) in [5.74, 6) is 6.03. The van der Waals surface area contributed by atoms with E-state index in [1.165, 1.54) is 0 Å². The van der Waals surface area contributed by atoms with E-state index >= 15 is 0 Å². The molecule has 2 aromatic carbocycles. The number of aldehydes is 1. The molecule has 0 saturated heterocycles. The minimum Gasteiger partial charge on any atom is -0.382 e. The van der Waals surface area contributed by atoms with Crippen LogP contribution in [-0.2, 0) is 0 Å². The second kappa shape index (κ2) is 6.15. The van der Waals surface area contributed by atoms with E-state index in [4.69, 9.17) is 0 Å². The van der Waals surface area contributed by atoms with Crippen LogP contribution in [0.5, 0.6) is 0 Å². The molecule has 0 saturated carbocycles. The molecule has 2 N–H and O–H groups in total. The van der Waals surface area contributed by atoms with E-state index in [1.807, 2.05) is 18.2 Å². The fourth-order valence-electron chi connectivity index (χ4n) is 2.32. The zero-order valence-corrected chi connectivity index (χ0v) is 11.8. The second-order valence-corrected chi connectivity index (χ2v) is 4.90. The third-order valence-corrected chi connectivity index (χ3v) is 3.39. The summed E-state index contributed by atoms with van der Waals surface area (Å²) in [6, 6.07) is 12.6. The number of nitrogens with one attached hydrogen (secondary N) is 2. The van der Waals surface area contributed by atoms with E-state index in [1.54, 1.807) is 24.3 Å². The van der Waals surface area contributed by atoms with Gasteiger partial charge in [-0.1, -0.05) is 30.0 Å². The Morgan fingerprint density at radius 2 is 1.82 bits per heavy atom. The average Bonchev–Trinajstić information content (AvgIpc) is 2.75. The van der Waals surface area contributed by atoms with E-state index < -0.39 is 0 Å². The van der Waals surface area contributed by atoms with Crippen molar-refractivity contribution in [2.45, 2.75) is 0 Å². The van der Waals surface area contributed by atoms with Gasteiger partial charge in [0.05, 0.1) is 11.3 Å². The van der Waals surface area contributed by atoms with Gasteiger partial charge < -0.3 is 10.6 Å². The molecule has 108 valence electrons. The Morgan fingerprint density at radius 1 is 1.00 bits per heavy atom. The first kappa shape index (κ1) is 13.9. The van der Waals surface area contributed by atoms with Crippen LogP contribution in [0.25, 0.3) is 0 Å². The van der Waals surface area contributed by atoms with Gasteiger partial charge in [-0.2, -0.15) is 0 Å². The van der Waals surface area contributed by atoms with Gasteiger partial charge in [0.1, 0.15) is 6.29 Å². The molecular formula is C18H14N2O2. The van der Waals surface area contributed by atoms with E-state index in [-0.39, 0.29) is 5.91 Å². The van der Waals surface area contributed by atoms with Gasteiger partial charge in [0.15, 0.2) is 0 Å². The summed E-state index contributed by atoms with van der Waals surface area (Å²) in [6.07, 6.45) is 0.797. The Balaban J connectivity index is 2.00. The van der Waals surface area contributed by atoms with Crippen LogP contribution in [-0.4, -0.2) is 25.3 Å². The molecule has 1 aliphatic heterocycles. The molecule has 22 heavy (non-hydrogen) atoms. The van der Waals surface area contributed by atoms with Crippen molar-refractivity contribution in [3.8, 4) is 11.8 Å². The van der Waals surface area contributed by atoms with E-state index in [0.717, 1.165) is 23.1 Å². The highest BCUT2D eigenvalue weighted by Crippen LogP contribution is 2.21. The molecule has 0 bridgehead atoms. The third kappa shape index (κ3) is 2.84. The molecule has 0 aromatic heterocycles. The SMILES string of the molecule is O=Cc1cccc(C#Cc2cccc3c2NCCNC3=O)c1. The molecule has 0 spiro atoms. The minimum absolute atomic E-state index is 0.0911. The predicted molar refractivity (Wildman–Crippen MR) is 85.1 cm³/mol. The van der Waals surface area contributed by atoms with Crippen molar-refractivity contribution in [3.05, 3.63) is 64.7 Å². The highest BCUT2D eigenvalue weighted by Gasteiger charge is 2.16. The number of hydrogen-bond acceptors (Lipinski definition) is 3. The Morgan fingerprint density at radius 3 is 2.68 bits per heavy atom. The summed E-state index contributed by atoms with van der Waals surface area (Å²) >= 11 is 0. The molecule has 4 heteroatoms. The molecule has 3 rings (SSSR count). The van der Waals surface area contributed by atoms with Gasteiger partial charge in [0.2, 0.25) is 0 Å². The molecule has 0 radical (unpaired) electrons. The third-order valence-electron chi connectivity index (χ3n) is 3.39. The lowest BCUT2D eigenvalue weighted by atomic mass is 10.1. The number of benzene rings is 2. The number of amides is 1. The first-order chi connectivity index (χ1) is 10.8. The molecular weight excluding hydrogens is 276 g/mol. The van der Waals surface area contributed by atoms with Crippen molar-refractivity contribution >= 4 is 17.9 Å². The standard InChI is InChI=1S/C18H14N2O2/c21-12-14-4-1-3-13(11-14)7-8-15-5-2-6-16-17(15)19-9-10-20-18(16)22/h1-6,11-12,19H,9-10H2,(H,20,22). The molecule has 1 aliphatic rings. The number of anilines is 1. The molecule has 1 amide bonds. The van der Waals surface area contributed by atoms with Gasteiger partial charge in [-0.3, -0.25) is 9.59 Å². The zero-order chi connectivity index (χ0) is 15.4. The highest BCUT2D eigenvalue weighted by molar-refractivity contribution is 6.01. The number of para-hydroxylation sites is 1. The smallest absolute Gasteiger partial charge is 0.253 e. The maximum atomic E-state index is 12.0. The lowest BCUT2D eigenvalue weighted by molar-refractivity contribution is 0.0957. The van der Waals surface area contributed by atoms with Crippen molar-refractivity contribution < 1.29 is 9.59 Å². The van der Waals surface area contributed by atoms with Crippen LogP contribution in [0.4, 0.5) is 5.69 Å². The van der Waals surface area contributed by atoms with Gasteiger partial charge in [-0.05, 0) is 24.3 Å². The lowest BCUT2D eigenvalue weighted by Crippen LogP contribution is -2.24. The quantitative estimate of drug-likeness (QED) is 0.624. The lowest BCUT2D eigenvalue weighted by Gasteiger charge is -2.08. The first-order valence-corrected chi connectivity index (χ1v) is 7.00. The van der Waals surface area contributed by atoms with Crippen LogP contribution >= 0.6 is 0 Å². The Labute approximate surface area is 128 Å². The van der Waals surface area contributed by atoms with Crippen molar-refractivity contribution in [1.82, 2.24) is 5.32 Å². The van der Waals surface area contributed by atoms with Crippen LogP contribution in [0.3, 0.4) is 0 Å². The van der Waals surface area contributed by atoms with Crippen molar-refractivity contribution in [2.24, 2.45) is 0 Å². The molecule has 1 heterocycles. The number of carbonyl (C=O) groups is 2. The van der Waals surface area contributed by atoms with Crippen LogP contribution in [0.15, 0.2) is 42.5 Å². The molecule has 2 aromatic rings. The second-order valence-electron chi connectivity index (χ2n) is 4.90. The Hall–Kier alpha value is -3.06. The summed E-state index contributed by atoms with van der Waals surface area (Å²) < 4.78 is 0. The summed E-state index contributed by atoms with van der Waals surface area (Å²) in [6.45, 7) is 1.25. The fraction of sp³-hybridized carbons (Fsp3) is 0.111. The predicted octanol–water partition coefficient (Wildman–Crippen LogP) is 2.05. The maximum Gasteiger partial charge on any atom is 0.253 e. The molecule has 0 atom stereocenters. The largest absolute Gasteiger partial charge is 0.382 e. The Kier molecular flexibility index (Phi) is 3.88. The summed E-state index contributed by atoms with van der Waals surface area (Å²) in [5, 5.41) is 6.07. The number of hydrogen-bond donors (Lipinski definition) is 2. The van der Waals surface area contributed by atoms with Gasteiger partial charge in [0.25, 0.3) is 5.91 Å². The first-order valence-electron chi connectivity index (χ1n) is 7.00. The van der Waals surface area contributed by atoms with E-state index in [2.05, 4.69) is 22.5 Å². The molecule has 0 unspecified atom stereocenters. The van der Waals surface area contributed by atoms with Gasteiger partial charge in [-0.25, -0.2) is 0 Å². The zero-order valence-electron chi connectivity index (χ0n) is 11.8. The number of fused-ring (bicyclic) bond motifs is 1. The number of rotatable bonds is 1. The van der Waals surface area contributed by atoms with Gasteiger partial charge in [-0.15, -0.1) is 0 Å². The van der Waals surface area contributed by atoms with Crippen molar-refractivity contribution in [2.75, 3.05) is 18.4 Å². The van der Waals surface area contributed by atoms with Gasteiger partial charge >= 0.3 is 0 Å². The Bertz CT molecular complexity index is 800. The fourth-order valence-corrected chi connectivity index (χ4v) is 2.32. The summed E-state index contributed by atoms with van der Waals surface area (Å²) in [5.41, 5.74) is 3.49. The monoisotopic (exact) mass is 290 g/mol. The van der Waals surface area contributed by atoms with Crippen LogP contribution in [0.1, 0.15) is 31.8 Å². The topological polar surface area (TPSA) is 58.2 Å². The molecule has 0 fully saturated rings. The van der Waals surface area contributed by atoms with Crippen LogP contribution < -0.4 is 10.6 Å². The van der Waals surface area contributed by atoms with Gasteiger partial charge in [0, 0.05) is 29.8 Å².